The van der Waals surface area contributed by atoms with Crippen LogP contribution in [0.3, 0.4) is 0 Å². The second-order valence-electron chi connectivity index (χ2n) is 4.22. The van der Waals surface area contributed by atoms with Crippen LogP contribution in [0.15, 0.2) is 12.2 Å². The third kappa shape index (κ3) is 4.80. The number of halogens is 1. The molecule has 0 aliphatic heterocycles. The Morgan fingerprint density at radius 1 is 1.18 bits per heavy atom. The summed E-state index contributed by atoms with van der Waals surface area (Å²) in [4.78, 5) is 11.6. The number of nitrogens with zero attached hydrogens (tertiary/aromatic N) is 1. The molecule has 0 bridgehead atoms. The van der Waals surface area contributed by atoms with Crippen molar-refractivity contribution in [2.24, 2.45) is 0 Å². The zero-order valence-corrected chi connectivity index (χ0v) is 13.3. The minimum Gasteiger partial charge on any atom is -1.00 e. The summed E-state index contributed by atoms with van der Waals surface area (Å²) >= 11 is 0. The van der Waals surface area contributed by atoms with E-state index in [4.69, 9.17) is 4.74 Å². The molecule has 0 N–H and O–H groups in total. The number of carbonyl (C=O) groups excluding carboxylic acids is 1. The third-order valence-corrected chi connectivity index (χ3v) is 3.44. The SMILES string of the molecule is C=C(C)C(=O)OC(CC)[N+](CC)(CC)CC.[Br-]. The second kappa shape index (κ2) is 8.70. The van der Waals surface area contributed by atoms with Crippen LogP contribution in [-0.4, -0.2) is 36.3 Å². The number of ether oxygens (including phenoxy) is 1. The van der Waals surface area contributed by atoms with Crippen molar-refractivity contribution >= 4 is 5.97 Å². The van der Waals surface area contributed by atoms with Gasteiger partial charge in [-0.3, -0.25) is 4.48 Å². The maximum atomic E-state index is 11.6. The summed E-state index contributed by atoms with van der Waals surface area (Å²) in [6.07, 6.45) is 0.790. The summed E-state index contributed by atoms with van der Waals surface area (Å²) in [5.74, 6) is -0.273. The molecular weight excluding hydrogens is 282 g/mol. The van der Waals surface area contributed by atoms with Crippen LogP contribution in [0.2, 0.25) is 0 Å². The molecule has 0 radical (unpaired) electrons. The molecule has 0 amide bonds. The number of carbonyl (C=O) groups is 1. The Balaban J connectivity index is 0. The van der Waals surface area contributed by atoms with Gasteiger partial charge in [-0.2, -0.15) is 0 Å². The Labute approximate surface area is 116 Å². The van der Waals surface area contributed by atoms with E-state index in [0.29, 0.717) is 5.57 Å². The summed E-state index contributed by atoms with van der Waals surface area (Å²) in [6, 6.07) is 0. The molecule has 0 aromatic rings. The van der Waals surface area contributed by atoms with Crippen molar-refractivity contribution in [3.63, 3.8) is 0 Å². The highest BCUT2D eigenvalue weighted by Crippen LogP contribution is 2.18. The zero-order chi connectivity index (χ0) is 12.8. The van der Waals surface area contributed by atoms with Gasteiger partial charge in [0.2, 0.25) is 6.23 Å². The first kappa shape index (κ1) is 19.0. The number of esters is 1. The second-order valence-corrected chi connectivity index (χ2v) is 4.22. The van der Waals surface area contributed by atoms with E-state index in [1.165, 1.54) is 0 Å². The standard InChI is InChI=1S/C13H26NO2.BrH/c1-7-12(16-13(15)11(5)6)14(8-2,9-3)10-4;/h12H,5,7-10H2,1-4,6H3;1H/q+1;/p-1. The van der Waals surface area contributed by atoms with Crippen LogP contribution >= 0.6 is 0 Å². The molecule has 17 heavy (non-hydrogen) atoms. The summed E-state index contributed by atoms with van der Waals surface area (Å²) in [5, 5.41) is 0. The highest BCUT2D eigenvalue weighted by atomic mass is 79.9. The quantitative estimate of drug-likeness (QED) is 0.280. The van der Waals surface area contributed by atoms with Gasteiger partial charge in [-0.15, -0.1) is 0 Å². The fraction of sp³-hybridized carbons (Fsp3) is 0.769. The fourth-order valence-corrected chi connectivity index (χ4v) is 2.09. The first-order valence-corrected chi connectivity index (χ1v) is 6.19. The molecule has 0 saturated carbocycles. The van der Waals surface area contributed by atoms with Gasteiger partial charge in [-0.25, -0.2) is 4.79 Å². The molecule has 3 nitrogen and oxygen atoms in total. The predicted molar refractivity (Wildman–Crippen MR) is 66.9 cm³/mol. The number of rotatable bonds is 7. The van der Waals surface area contributed by atoms with E-state index in [0.717, 1.165) is 30.5 Å². The zero-order valence-electron chi connectivity index (χ0n) is 11.8. The van der Waals surface area contributed by atoms with Gasteiger partial charge in [0, 0.05) is 12.0 Å². The monoisotopic (exact) mass is 307 g/mol. The molecule has 1 unspecified atom stereocenters. The van der Waals surface area contributed by atoms with E-state index in [1.807, 2.05) is 0 Å². The minimum absolute atomic E-state index is 0. The van der Waals surface area contributed by atoms with Crippen molar-refractivity contribution < 1.29 is 31.0 Å². The van der Waals surface area contributed by atoms with Crippen molar-refractivity contribution in [2.45, 2.75) is 47.3 Å². The molecule has 1 atom stereocenters. The van der Waals surface area contributed by atoms with Crippen LogP contribution in [0.5, 0.6) is 0 Å². The summed E-state index contributed by atoms with van der Waals surface area (Å²) in [7, 11) is 0. The third-order valence-electron chi connectivity index (χ3n) is 3.44. The van der Waals surface area contributed by atoms with Crippen LogP contribution in [-0.2, 0) is 9.53 Å². The average Bonchev–Trinajstić information content (AvgIpc) is 2.29. The van der Waals surface area contributed by atoms with E-state index >= 15 is 0 Å². The van der Waals surface area contributed by atoms with Gasteiger partial charge in [0.15, 0.2) is 0 Å². The van der Waals surface area contributed by atoms with Crippen LogP contribution in [0.1, 0.15) is 41.0 Å². The first-order valence-electron chi connectivity index (χ1n) is 6.19. The molecular formula is C13H26BrNO2. The van der Waals surface area contributed by atoms with Crippen molar-refractivity contribution in [1.82, 2.24) is 0 Å². The molecule has 0 saturated heterocycles. The fourth-order valence-electron chi connectivity index (χ4n) is 2.09. The largest absolute Gasteiger partial charge is 1.00 e. The van der Waals surface area contributed by atoms with E-state index in [1.54, 1.807) is 6.92 Å². The summed E-state index contributed by atoms with van der Waals surface area (Å²) in [5.41, 5.74) is 0.472. The van der Waals surface area contributed by atoms with Gasteiger partial charge in [0.25, 0.3) is 0 Å². The van der Waals surface area contributed by atoms with Crippen LogP contribution < -0.4 is 17.0 Å². The van der Waals surface area contributed by atoms with E-state index < -0.39 is 0 Å². The molecule has 102 valence electrons. The first-order chi connectivity index (χ1) is 7.47. The number of hydrogen-bond acceptors (Lipinski definition) is 2. The highest BCUT2D eigenvalue weighted by molar-refractivity contribution is 5.86. The van der Waals surface area contributed by atoms with Gasteiger partial charge >= 0.3 is 5.97 Å². The molecule has 0 aromatic carbocycles. The lowest BCUT2D eigenvalue weighted by Gasteiger charge is -2.41. The van der Waals surface area contributed by atoms with Crippen LogP contribution in [0.4, 0.5) is 0 Å². The molecule has 0 aromatic heterocycles. The Hall–Kier alpha value is -0.350. The molecule has 0 fully saturated rings. The van der Waals surface area contributed by atoms with Gasteiger partial charge in [-0.1, -0.05) is 13.5 Å². The molecule has 0 spiro atoms. The van der Waals surface area contributed by atoms with E-state index in [2.05, 4.69) is 34.3 Å². The van der Waals surface area contributed by atoms with Gasteiger partial charge < -0.3 is 21.7 Å². The van der Waals surface area contributed by atoms with Gasteiger partial charge in [0.05, 0.1) is 19.6 Å². The minimum atomic E-state index is -0.273. The molecule has 0 rings (SSSR count). The molecule has 0 heterocycles. The van der Waals surface area contributed by atoms with Crippen molar-refractivity contribution in [1.29, 1.82) is 0 Å². The Morgan fingerprint density at radius 3 is 1.82 bits per heavy atom. The molecule has 0 aliphatic rings. The lowest BCUT2D eigenvalue weighted by molar-refractivity contribution is -0.965. The molecule has 4 heteroatoms. The van der Waals surface area contributed by atoms with Crippen molar-refractivity contribution in [2.75, 3.05) is 19.6 Å². The lowest BCUT2D eigenvalue weighted by Crippen LogP contribution is -3.00. The van der Waals surface area contributed by atoms with Gasteiger partial charge in [0.1, 0.15) is 0 Å². The number of quaternary nitrogens is 1. The Kier molecular flexibility index (Phi) is 9.72. The van der Waals surface area contributed by atoms with Crippen molar-refractivity contribution in [3.05, 3.63) is 12.2 Å². The number of hydrogen-bond donors (Lipinski definition) is 0. The normalized spacial score (nSPS) is 12.5. The summed E-state index contributed by atoms with van der Waals surface area (Å²) in [6.45, 7) is 16.7. The maximum absolute atomic E-state index is 11.6. The van der Waals surface area contributed by atoms with Gasteiger partial charge in [-0.05, 0) is 27.7 Å². The highest BCUT2D eigenvalue weighted by Gasteiger charge is 2.34. The topological polar surface area (TPSA) is 26.3 Å². The summed E-state index contributed by atoms with van der Waals surface area (Å²) < 4.78 is 6.36. The average molecular weight is 308 g/mol. The smallest absolute Gasteiger partial charge is 0.337 e. The van der Waals surface area contributed by atoms with Crippen LogP contribution in [0, 0.1) is 0 Å². The maximum Gasteiger partial charge on any atom is 0.337 e. The Bertz CT molecular complexity index is 242. The van der Waals surface area contributed by atoms with E-state index in [9.17, 15) is 4.79 Å². The predicted octanol–water partition coefficient (Wildman–Crippen LogP) is -0.278. The van der Waals surface area contributed by atoms with Crippen molar-refractivity contribution in [3.8, 4) is 0 Å². The Morgan fingerprint density at radius 2 is 1.59 bits per heavy atom. The van der Waals surface area contributed by atoms with E-state index in [-0.39, 0.29) is 29.2 Å². The van der Waals surface area contributed by atoms with Crippen LogP contribution in [0.25, 0.3) is 0 Å². The lowest BCUT2D eigenvalue weighted by atomic mass is 10.2. The molecule has 0 aliphatic carbocycles.